The predicted octanol–water partition coefficient (Wildman–Crippen LogP) is 2.04. The molecule has 1 aromatic carbocycles. The van der Waals surface area contributed by atoms with Crippen molar-refractivity contribution in [3.8, 4) is 6.07 Å². The summed E-state index contributed by atoms with van der Waals surface area (Å²) in [5, 5.41) is 19.4. The van der Waals surface area contributed by atoms with Crippen molar-refractivity contribution < 1.29 is 9.90 Å². The SMILES string of the molecule is CC(C)[C@]1(O)CN(C(=O)c2ccc(C#N)cc2)C[C@H]1C. The molecule has 1 heterocycles. The van der Waals surface area contributed by atoms with E-state index in [2.05, 4.69) is 0 Å². The van der Waals surface area contributed by atoms with Crippen LogP contribution in [0, 0.1) is 23.2 Å². The quantitative estimate of drug-likeness (QED) is 0.896. The molecule has 1 amide bonds. The van der Waals surface area contributed by atoms with Gasteiger partial charge in [-0.15, -0.1) is 0 Å². The lowest BCUT2D eigenvalue weighted by atomic mass is 9.82. The molecule has 106 valence electrons. The number of hydrogen-bond acceptors (Lipinski definition) is 3. The molecule has 0 aliphatic carbocycles. The maximum Gasteiger partial charge on any atom is 0.253 e. The maximum absolute atomic E-state index is 12.4. The van der Waals surface area contributed by atoms with Gasteiger partial charge in [0.15, 0.2) is 0 Å². The number of nitriles is 1. The first-order chi connectivity index (χ1) is 9.38. The van der Waals surface area contributed by atoms with Crippen molar-refractivity contribution in [2.75, 3.05) is 13.1 Å². The predicted molar refractivity (Wildman–Crippen MR) is 76.0 cm³/mol. The molecule has 4 heteroatoms. The average Bonchev–Trinajstić information content (AvgIpc) is 2.75. The Morgan fingerprint density at radius 2 is 2.05 bits per heavy atom. The smallest absolute Gasteiger partial charge is 0.253 e. The molecule has 2 rings (SSSR count). The van der Waals surface area contributed by atoms with Gasteiger partial charge in [-0.25, -0.2) is 0 Å². The van der Waals surface area contributed by atoms with Crippen LogP contribution < -0.4 is 0 Å². The summed E-state index contributed by atoms with van der Waals surface area (Å²) in [6.45, 7) is 6.86. The maximum atomic E-state index is 12.4. The number of carbonyl (C=O) groups is 1. The van der Waals surface area contributed by atoms with Crippen molar-refractivity contribution in [3.63, 3.8) is 0 Å². The van der Waals surface area contributed by atoms with Crippen molar-refractivity contribution in [1.82, 2.24) is 4.90 Å². The number of rotatable bonds is 2. The van der Waals surface area contributed by atoms with Gasteiger partial charge in [-0.3, -0.25) is 4.79 Å². The summed E-state index contributed by atoms with van der Waals surface area (Å²) < 4.78 is 0. The molecule has 0 radical (unpaired) electrons. The Bertz CT molecular complexity index is 545. The van der Waals surface area contributed by atoms with Gasteiger partial charge in [-0.1, -0.05) is 20.8 Å². The largest absolute Gasteiger partial charge is 0.387 e. The highest BCUT2D eigenvalue weighted by Crippen LogP contribution is 2.34. The first kappa shape index (κ1) is 14.5. The van der Waals surface area contributed by atoms with Gasteiger partial charge in [0.2, 0.25) is 0 Å². The van der Waals surface area contributed by atoms with Crippen molar-refractivity contribution in [2.24, 2.45) is 11.8 Å². The average molecular weight is 272 g/mol. The van der Waals surface area contributed by atoms with Crippen LogP contribution in [0.2, 0.25) is 0 Å². The summed E-state index contributed by atoms with van der Waals surface area (Å²) in [7, 11) is 0. The Hall–Kier alpha value is -1.86. The number of β-amino-alcohol motifs (C(OH)–C–C–N with tert-alkyl or cyclic N) is 1. The summed E-state index contributed by atoms with van der Waals surface area (Å²) in [5.74, 6) is 0.0824. The molecule has 20 heavy (non-hydrogen) atoms. The van der Waals surface area contributed by atoms with Gasteiger partial charge >= 0.3 is 0 Å². The fourth-order valence-electron chi connectivity index (χ4n) is 2.79. The molecular formula is C16H20N2O2. The van der Waals surface area contributed by atoms with E-state index in [1.807, 2.05) is 26.8 Å². The molecule has 0 bridgehead atoms. The van der Waals surface area contributed by atoms with Gasteiger partial charge in [0.05, 0.1) is 23.8 Å². The molecule has 0 unspecified atom stereocenters. The molecule has 1 fully saturated rings. The molecule has 0 aromatic heterocycles. The Balaban J connectivity index is 2.17. The van der Waals surface area contributed by atoms with E-state index in [9.17, 15) is 9.90 Å². The highest BCUT2D eigenvalue weighted by molar-refractivity contribution is 5.94. The Morgan fingerprint density at radius 1 is 1.45 bits per heavy atom. The normalized spacial score (nSPS) is 25.8. The lowest BCUT2D eigenvalue weighted by molar-refractivity contribution is -0.0243. The number of carbonyl (C=O) groups excluding carboxylic acids is 1. The van der Waals surface area contributed by atoms with Crippen LogP contribution in [-0.2, 0) is 0 Å². The van der Waals surface area contributed by atoms with Gasteiger partial charge in [-0.05, 0) is 30.2 Å². The van der Waals surface area contributed by atoms with Crippen LogP contribution in [0.4, 0.5) is 0 Å². The van der Waals surface area contributed by atoms with Gasteiger partial charge in [0.1, 0.15) is 0 Å². The third-order valence-corrected chi connectivity index (χ3v) is 4.34. The second-order valence-corrected chi connectivity index (χ2v) is 5.92. The minimum absolute atomic E-state index is 0.0600. The molecule has 0 spiro atoms. The number of amides is 1. The highest BCUT2D eigenvalue weighted by Gasteiger charge is 2.46. The molecular weight excluding hydrogens is 252 g/mol. The summed E-state index contributed by atoms with van der Waals surface area (Å²) in [5.41, 5.74) is 0.279. The molecule has 1 aliphatic rings. The van der Waals surface area contributed by atoms with Gasteiger partial charge in [0, 0.05) is 18.0 Å². The van der Waals surface area contributed by atoms with E-state index < -0.39 is 5.60 Å². The molecule has 4 nitrogen and oxygen atoms in total. The number of hydrogen-bond donors (Lipinski definition) is 1. The summed E-state index contributed by atoms with van der Waals surface area (Å²) in [6, 6.07) is 8.64. The molecule has 2 atom stereocenters. The Morgan fingerprint density at radius 3 is 2.50 bits per heavy atom. The van der Waals surface area contributed by atoms with Gasteiger partial charge < -0.3 is 10.0 Å². The molecule has 1 saturated heterocycles. The summed E-state index contributed by atoms with van der Waals surface area (Å²) in [4.78, 5) is 14.1. The fraction of sp³-hybridized carbons (Fsp3) is 0.500. The highest BCUT2D eigenvalue weighted by atomic mass is 16.3. The Labute approximate surface area is 119 Å². The van der Waals surface area contributed by atoms with Gasteiger partial charge in [-0.2, -0.15) is 5.26 Å². The van der Waals surface area contributed by atoms with E-state index in [0.717, 1.165) is 0 Å². The molecule has 1 aromatic rings. The molecule has 1 aliphatic heterocycles. The third kappa shape index (κ3) is 2.41. The van der Waals surface area contributed by atoms with Crippen molar-refractivity contribution in [3.05, 3.63) is 35.4 Å². The monoisotopic (exact) mass is 272 g/mol. The minimum atomic E-state index is -0.817. The number of nitrogens with zero attached hydrogens (tertiary/aromatic N) is 2. The second-order valence-electron chi connectivity index (χ2n) is 5.92. The van der Waals surface area contributed by atoms with Crippen molar-refractivity contribution in [1.29, 1.82) is 5.26 Å². The van der Waals surface area contributed by atoms with Crippen LogP contribution in [0.25, 0.3) is 0 Å². The van der Waals surface area contributed by atoms with E-state index in [-0.39, 0.29) is 17.7 Å². The number of benzene rings is 1. The standard InChI is InChI=1S/C16H20N2O2/c1-11(2)16(20)10-18(9-12(16)3)15(19)14-6-4-13(8-17)5-7-14/h4-7,11-12,20H,9-10H2,1-3H3/t12-,16-/m1/s1. The van der Waals surface area contributed by atoms with E-state index in [0.29, 0.717) is 24.2 Å². The van der Waals surface area contributed by atoms with Crippen LogP contribution >= 0.6 is 0 Å². The topological polar surface area (TPSA) is 64.3 Å². The van der Waals surface area contributed by atoms with Crippen LogP contribution in [0.5, 0.6) is 0 Å². The molecule has 1 N–H and O–H groups in total. The Kier molecular flexibility index (Phi) is 3.82. The van der Waals surface area contributed by atoms with Gasteiger partial charge in [0.25, 0.3) is 5.91 Å². The van der Waals surface area contributed by atoms with Crippen molar-refractivity contribution >= 4 is 5.91 Å². The van der Waals surface area contributed by atoms with Crippen LogP contribution in [0.1, 0.15) is 36.7 Å². The summed E-state index contributed by atoms with van der Waals surface area (Å²) in [6.07, 6.45) is 0. The van der Waals surface area contributed by atoms with Crippen LogP contribution in [-0.4, -0.2) is 34.6 Å². The van der Waals surface area contributed by atoms with E-state index >= 15 is 0 Å². The van der Waals surface area contributed by atoms with Crippen molar-refractivity contribution in [2.45, 2.75) is 26.4 Å². The lowest BCUT2D eigenvalue weighted by Gasteiger charge is -2.31. The number of likely N-dealkylation sites (tertiary alicyclic amines) is 1. The van der Waals surface area contributed by atoms with E-state index in [4.69, 9.17) is 5.26 Å². The minimum Gasteiger partial charge on any atom is -0.387 e. The van der Waals surface area contributed by atoms with Crippen LogP contribution in [0.15, 0.2) is 24.3 Å². The van der Waals surface area contributed by atoms with Crippen LogP contribution in [0.3, 0.4) is 0 Å². The van der Waals surface area contributed by atoms with E-state index in [1.54, 1.807) is 29.2 Å². The fourth-order valence-corrected chi connectivity index (χ4v) is 2.79. The first-order valence-corrected chi connectivity index (χ1v) is 6.90. The lowest BCUT2D eigenvalue weighted by Crippen LogP contribution is -2.43. The van der Waals surface area contributed by atoms with E-state index in [1.165, 1.54) is 0 Å². The zero-order chi connectivity index (χ0) is 14.9. The third-order valence-electron chi connectivity index (χ3n) is 4.34. The second kappa shape index (κ2) is 5.26. The first-order valence-electron chi connectivity index (χ1n) is 6.90. The zero-order valence-electron chi connectivity index (χ0n) is 12.1. The number of aliphatic hydroxyl groups is 1. The molecule has 0 saturated carbocycles. The zero-order valence-corrected chi connectivity index (χ0v) is 12.1. The summed E-state index contributed by atoms with van der Waals surface area (Å²) >= 11 is 0.